The molecule has 25 heavy (non-hydrogen) atoms. The van der Waals surface area contributed by atoms with E-state index in [9.17, 15) is 4.79 Å². The van der Waals surface area contributed by atoms with Gasteiger partial charge in [0.2, 0.25) is 5.91 Å². The van der Waals surface area contributed by atoms with Crippen molar-refractivity contribution in [2.45, 2.75) is 12.3 Å². The number of hydrogen-bond acceptors (Lipinski definition) is 4. The molecule has 0 bridgehead atoms. The summed E-state index contributed by atoms with van der Waals surface area (Å²) < 4.78 is 1.04. The van der Waals surface area contributed by atoms with Gasteiger partial charge in [-0.25, -0.2) is 0 Å². The molecule has 1 amide bonds. The van der Waals surface area contributed by atoms with Gasteiger partial charge in [0.05, 0.1) is 12.3 Å². The van der Waals surface area contributed by atoms with Crippen LogP contribution < -0.4 is 5.32 Å². The Morgan fingerprint density at radius 1 is 1.08 bits per heavy atom. The van der Waals surface area contributed by atoms with Gasteiger partial charge in [-0.15, -0.1) is 0 Å². The third-order valence-electron chi connectivity index (χ3n) is 4.04. The average molecular weight is 371 g/mol. The van der Waals surface area contributed by atoms with Crippen molar-refractivity contribution in [1.29, 1.82) is 0 Å². The molecule has 2 aromatic rings. The standard InChI is InChI=1S/C20H22N2OS2/c23-19(15-25-20-22-13-14-24-20)21-12-11-18(16-7-3-1-4-8-16)17-9-5-2-6-10-17/h1-10,18H,11-15H2,(H,21,23). The first-order valence-corrected chi connectivity index (χ1v) is 10.5. The van der Waals surface area contributed by atoms with E-state index in [1.807, 2.05) is 12.1 Å². The number of rotatable bonds is 7. The summed E-state index contributed by atoms with van der Waals surface area (Å²) in [6, 6.07) is 21.0. The Balaban J connectivity index is 1.53. The molecule has 0 aliphatic carbocycles. The maximum Gasteiger partial charge on any atom is 0.230 e. The molecule has 0 saturated heterocycles. The second kappa shape index (κ2) is 9.68. The van der Waals surface area contributed by atoms with Crippen molar-refractivity contribution in [2.24, 2.45) is 4.99 Å². The fourth-order valence-electron chi connectivity index (χ4n) is 2.83. The van der Waals surface area contributed by atoms with Gasteiger partial charge in [0.1, 0.15) is 4.38 Å². The van der Waals surface area contributed by atoms with Crippen LogP contribution in [0.1, 0.15) is 23.5 Å². The van der Waals surface area contributed by atoms with E-state index in [-0.39, 0.29) is 5.91 Å². The SMILES string of the molecule is O=C(CSC1=NCCS1)NCCC(c1ccccc1)c1ccccc1. The first kappa shape index (κ1) is 18.1. The lowest BCUT2D eigenvalue weighted by Crippen LogP contribution is -2.27. The number of carbonyl (C=O) groups is 1. The molecule has 2 aromatic carbocycles. The van der Waals surface area contributed by atoms with Crippen LogP contribution in [0.4, 0.5) is 0 Å². The zero-order chi connectivity index (χ0) is 17.3. The molecule has 1 heterocycles. The third-order valence-corrected chi connectivity index (χ3v) is 6.30. The minimum absolute atomic E-state index is 0.0834. The second-order valence-electron chi connectivity index (χ2n) is 5.80. The lowest BCUT2D eigenvalue weighted by Gasteiger charge is -2.18. The number of nitrogens with one attached hydrogen (secondary N) is 1. The van der Waals surface area contributed by atoms with Crippen LogP contribution in [0.2, 0.25) is 0 Å². The fraction of sp³-hybridized carbons (Fsp3) is 0.300. The van der Waals surface area contributed by atoms with Crippen molar-refractivity contribution in [2.75, 3.05) is 24.6 Å². The summed E-state index contributed by atoms with van der Waals surface area (Å²) in [6.07, 6.45) is 0.889. The lowest BCUT2D eigenvalue weighted by atomic mass is 9.88. The van der Waals surface area contributed by atoms with Crippen LogP contribution in [0.25, 0.3) is 0 Å². The normalized spacial score (nSPS) is 13.7. The van der Waals surface area contributed by atoms with Gasteiger partial charge in [-0.3, -0.25) is 9.79 Å². The van der Waals surface area contributed by atoms with E-state index in [0.717, 1.165) is 23.1 Å². The van der Waals surface area contributed by atoms with Gasteiger partial charge >= 0.3 is 0 Å². The number of benzene rings is 2. The van der Waals surface area contributed by atoms with Gasteiger partial charge in [0.25, 0.3) is 0 Å². The second-order valence-corrected chi connectivity index (χ2v) is 8.10. The smallest absolute Gasteiger partial charge is 0.230 e. The van der Waals surface area contributed by atoms with Gasteiger partial charge in [-0.05, 0) is 17.5 Å². The van der Waals surface area contributed by atoms with E-state index in [2.05, 4.69) is 58.8 Å². The Kier molecular flexibility index (Phi) is 7.00. The van der Waals surface area contributed by atoms with Crippen LogP contribution in [-0.2, 0) is 4.79 Å². The number of nitrogens with zero attached hydrogens (tertiary/aromatic N) is 1. The Morgan fingerprint density at radius 2 is 1.72 bits per heavy atom. The van der Waals surface area contributed by atoms with Crippen molar-refractivity contribution < 1.29 is 4.79 Å². The molecule has 0 atom stereocenters. The van der Waals surface area contributed by atoms with Crippen molar-refractivity contribution >= 4 is 33.8 Å². The zero-order valence-electron chi connectivity index (χ0n) is 14.1. The number of carbonyl (C=O) groups excluding carboxylic acids is 1. The van der Waals surface area contributed by atoms with E-state index in [4.69, 9.17) is 0 Å². The molecule has 5 heteroatoms. The summed E-state index contributed by atoms with van der Waals surface area (Å²) in [7, 11) is 0. The maximum atomic E-state index is 12.1. The van der Waals surface area contributed by atoms with Crippen LogP contribution in [0.3, 0.4) is 0 Å². The van der Waals surface area contributed by atoms with Crippen molar-refractivity contribution in [3.05, 3.63) is 71.8 Å². The number of aliphatic imine (C=N–C) groups is 1. The quantitative estimate of drug-likeness (QED) is 0.796. The molecular weight excluding hydrogens is 348 g/mol. The monoisotopic (exact) mass is 370 g/mol. The van der Waals surface area contributed by atoms with Crippen LogP contribution in [-0.4, -0.2) is 34.9 Å². The highest BCUT2D eigenvalue weighted by atomic mass is 32.2. The van der Waals surface area contributed by atoms with Crippen molar-refractivity contribution in [3.63, 3.8) is 0 Å². The molecule has 0 saturated carbocycles. The number of hydrogen-bond donors (Lipinski definition) is 1. The van der Waals surface area contributed by atoms with Gasteiger partial charge in [-0.2, -0.15) is 0 Å². The molecule has 1 N–H and O–H groups in total. The summed E-state index contributed by atoms with van der Waals surface area (Å²) in [5.74, 6) is 1.87. The predicted octanol–water partition coefficient (Wildman–Crippen LogP) is 4.16. The van der Waals surface area contributed by atoms with Crippen LogP contribution in [0.5, 0.6) is 0 Å². The Morgan fingerprint density at radius 3 is 2.28 bits per heavy atom. The lowest BCUT2D eigenvalue weighted by molar-refractivity contribution is -0.118. The van der Waals surface area contributed by atoms with E-state index < -0.39 is 0 Å². The van der Waals surface area contributed by atoms with Gasteiger partial charge < -0.3 is 5.32 Å². The maximum absolute atomic E-state index is 12.1. The van der Waals surface area contributed by atoms with Crippen LogP contribution >= 0.6 is 23.5 Å². The Hall–Kier alpha value is -1.72. The number of amides is 1. The van der Waals surface area contributed by atoms with Crippen LogP contribution in [0.15, 0.2) is 65.7 Å². The molecule has 3 nitrogen and oxygen atoms in total. The summed E-state index contributed by atoms with van der Waals surface area (Å²) in [6.45, 7) is 1.55. The number of thioether (sulfide) groups is 2. The molecular formula is C20H22N2OS2. The molecule has 130 valence electrons. The fourth-order valence-corrected chi connectivity index (χ4v) is 4.67. The minimum atomic E-state index is 0.0834. The summed E-state index contributed by atoms with van der Waals surface area (Å²) in [4.78, 5) is 16.4. The summed E-state index contributed by atoms with van der Waals surface area (Å²) in [5, 5.41) is 3.05. The summed E-state index contributed by atoms with van der Waals surface area (Å²) >= 11 is 3.29. The first-order chi connectivity index (χ1) is 12.3. The van der Waals surface area contributed by atoms with E-state index in [1.54, 1.807) is 23.5 Å². The molecule has 3 rings (SSSR count). The Bertz CT molecular complexity index is 665. The van der Waals surface area contributed by atoms with Gasteiger partial charge in [0.15, 0.2) is 0 Å². The van der Waals surface area contributed by atoms with Crippen molar-refractivity contribution in [1.82, 2.24) is 5.32 Å². The van der Waals surface area contributed by atoms with E-state index in [1.165, 1.54) is 11.1 Å². The predicted molar refractivity (Wildman–Crippen MR) is 110 cm³/mol. The Labute approximate surface area is 157 Å². The van der Waals surface area contributed by atoms with Gasteiger partial charge in [0, 0.05) is 18.2 Å². The van der Waals surface area contributed by atoms with Gasteiger partial charge in [-0.1, -0.05) is 84.2 Å². The molecule has 1 aliphatic rings. The largest absolute Gasteiger partial charge is 0.355 e. The van der Waals surface area contributed by atoms with E-state index in [0.29, 0.717) is 18.2 Å². The molecule has 0 unspecified atom stereocenters. The topological polar surface area (TPSA) is 41.5 Å². The summed E-state index contributed by atoms with van der Waals surface area (Å²) in [5.41, 5.74) is 2.57. The molecule has 0 fully saturated rings. The van der Waals surface area contributed by atoms with Crippen LogP contribution in [0, 0.1) is 0 Å². The van der Waals surface area contributed by atoms with E-state index >= 15 is 0 Å². The minimum Gasteiger partial charge on any atom is -0.355 e. The molecule has 0 aromatic heterocycles. The molecule has 1 aliphatic heterocycles. The zero-order valence-corrected chi connectivity index (χ0v) is 15.7. The third kappa shape index (κ3) is 5.65. The highest BCUT2D eigenvalue weighted by Gasteiger charge is 2.15. The highest BCUT2D eigenvalue weighted by molar-refractivity contribution is 8.39. The highest BCUT2D eigenvalue weighted by Crippen LogP contribution is 2.27. The first-order valence-electron chi connectivity index (χ1n) is 8.49. The molecule has 0 spiro atoms. The average Bonchev–Trinajstić information content (AvgIpc) is 3.19. The van der Waals surface area contributed by atoms with Crippen molar-refractivity contribution in [3.8, 4) is 0 Å². The molecule has 0 radical (unpaired) electrons.